The van der Waals surface area contributed by atoms with Crippen molar-refractivity contribution >= 4 is 162 Å². The molecule has 0 bridgehead atoms. The van der Waals surface area contributed by atoms with E-state index < -0.39 is 18.3 Å². The molecule has 45 heteroatoms. The summed E-state index contributed by atoms with van der Waals surface area (Å²) in [5.74, 6) is 3.19. The number of ether oxygens (including phenoxy) is 4. The topological polar surface area (TPSA) is 316 Å². The first-order valence-electron chi connectivity index (χ1n) is 44.9. The van der Waals surface area contributed by atoms with Crippen molar-refractivity contribution in [1.29, 1.82) is 0 Å². The number of carbonyl (C=O) groups excluding carboxylic acids is 2. The Morgan fingerprint density at radius 3 is 1.25 bits per heavy atom. The van der Waals surface area contributed by atoms with Crippen molar-refractivity contribution in [2.45, 2.75) is 173 Å². The zero-order valence-electron chi connectivity index (χ0n) is 77.8. The van der Waals surface area contributed by atoms with Gasteiger partial charge in [-0.1, -0.05) is 90.7 Å². The maximum absolute atomic E-state index is 14.0. The van der Waals surface area contributed by atoms with E-state index in [-0.39, 0.29) is 72.9 Å². The monoisotopic (exact) mass is 2120 g/mol. The van der Waals surface area contributed by atoms with E-state index in [0.29, 0.717) is 84.2 Å². The Kier molecular flexibility index (Phi) is 34.8. The molecule has 6 saturated heterocycles. The van der Waals surface area contributed by atoms with E-state index in [9.17, 15) is 22.8 Å². The highest BCUT2D eigenvalue weighted by atomic mass is 79.9. The van der Waals surface area contributed by atoms with E-state index in [4.69, 9.17) is 39.9 Å². The first-order valence-corrected chi connectivity index (χ1v) is 49.3. The van der Waals surface area contributed by atoms with Gasteiger partial charge in [-0.3, -0.25) is 9.36 Å². The lowest BCUT2D eigenvalue weighted by molar-refractivity contribution is -0.0484. The minimum Gasteiger partial charge on any atom is -0.444 e. The molecule has 0 saturated carbocycles. The van der Waals surface area contributed by atoms with Crippen molar-refractivity contribution in [3.63, 3.8) is 0 Å². The molecule has 0 N–H and O–H groups in total. The van der Waals surface area contributed by atoms with Crippen LogP contribution in [-0.4, -0.2) is 262 Å². The first-order chi connectivity index (χ1) is 65.8. The number of piperazine rings is 2. The highest BCUT2D eigenvalue weighted by Gasteiger charge is 2.52. The third-order valence-corrected chi connectivity index (χ3v) is 27.1. The number of amides is 2. The summed E-state index contributed by atoms with van der Waals surface area (Å²) < 4.78 is 87.3. The Hall–Kier alpha value is -11.0. The van der Waals surface area contributed by atoms with Crippen molar-refractivity contribution < 1.29 is 51.0 Å². The van der Waals surface area contributed by atoms with E-state index in [1.807, 2.05) is 155 Å². The number of anilines is 5. The van der Waals surface area contributed by atoms with Crippen molar-refractivity contribution in [2.75, 3.05) is 129 Å². The number of nitrogens with zero attached hydrogens (tertiary/aromatic N) is 26. The van der Waals surface area contributed by atoms with Crippen LogP contribution in [0.15, 0.2) is 229 Å². The van der Waals surface area contributed by atoms with Gasteiger partial charge in [0.2, 0.25) is 17.8 Å². The predicted molar refractivity (Wildman–Crippen MR) is 540 cm³/mol. The molecule has 0 spiro atoms. The second-order valence-electron chi connectivity index (χ2n) is 35.9. The maximum atomic E-state index is 14.0. The molecular weight excluding hydrogens is 2020 g/mol. The highest BCUT2D eigenvalue weighted by Crippen LogP contribution is 2.39. The summed E-state index contributed by atoms with van der Waals surface area (Å²) in [6, 6.07) is 26.1. The quantitative estimate of drug-likeness (QED) is 0.0764. The van der Waals surface area contributed by atoms with Crippen LogP contribution in [0.3, 0.4) is 0 Å². The van der Waals surface area contributed by atoms with Crippen molar-refractivity contribution in [3.05, 3.63) is 222 Å². The molecule has 0 radical (unpaired) electrons. The summed E-state index contributed by atoms with van der Waals surface area (Å²) >= 11 is 16.6. The number of hydrogen-bond donors (Lipinski definition) is 0. The average Bonchev–Trinajstić information content (AvgIpc) is 1.62. The van der Waals surface area contributed by atoms with Gasteiger partial charge in [0.1, 0.15) is 64.2 Å². The van der Waals surface area contributed by atoms with Gasteiger partial charge >= 0.3 is 19.3 Å². The molecular formula is C94H110BBr2Cl2F3N26O8S3. The summed E-state index contributed by atoms with van der Waals surface area (Å²) in [4.78, 5) is 83.3. The molecule has 6 fully saturated rings. The van der Waals surface area contributed by atoms with Crippen LogP contribution in [0.25, 0.3) is 27.7 Å². The molecule has 2 amide bonds. The normalized spacial score (nSPS) is 17.1. The zero-order chi connectivity index (χ0) is 96.1. The smallest absolute Gasteiger partial charge is 0.444 e. The third kappa shape index (κ3) is 27.4. The number of halogens is 7. The standard InChI is InChI=1S/C33H37FN10O3S.C20H17BrFN7S.C19H32BN3O5.C15H16FN3S.C6H3BrClN3.CH4.ClH/c1-33(2,3)47-32(45)42-12-13-46-25(20-42)21-43-18-24(15-38-43)23-14-28-30(37-22-39-44(28)19-23)40-8-10-41(11-9-40)31-35-16-26(17-36-31)48-29-7-5-4-6-27(29)34;21-14-9-17-19(25-13-26-29(17)12-14)27-5-7-28(8-6-27)20-23-10-15(11-24-20)30-18-4-2-1-3-16(18)22;1-17(2,3)26-16(24)22-8-9-25-15(12-22)13-23-11-14(10-21-23)20-27-18(4,5)19(6,7)28-20;16-13-6-2-3-7-14(13)20-12-10-17-15(18-11-12)19-8-4-1-5-9-19;7-4-1-5-6(8)9-3-10-11(5)2-4;;/h4-7,14-19,22,25H,8-13,20-21H2,1-3H3;1-4,9-13H,5-8H2;10-11,15H,8-9,12-13H2,1-7H3;2-3,6-7,10-11H,1,4-5,8-9H2;1-3H;1H4;1H/t25-;;15-;;;;/m0.0..../s1. The number of benzene rings is 3. The Balaban J connectivity index is 0.000000147. The molecule has 2 atom stereocenters. The van der Waals surface area contributed by atoms with E-state index >= 15 is 0 Å². The van der Waals surface area contributed by atoms with E-state index in [2.05, 4.69) is 133 Å². The van der Waals surface area contributed by atoms with Gasteiger partial charge in [0.05, 0.1) is 69.0 Å². The lowest BCUT2D eigenvalue weighted by atomic mass is 9.82. The summed E-state index contributed by atoms with van der Waals surface area (Å²) in [5.41, 5.74) is 3.65. The molecule has 14 aromatic rings. The minimum absolute atomic E-state index is 0. The fourth-order valence-corrected chi connectivity index (χ4v) is 18.8. The van der Waals surface area contributed by atoms with Crippen LogP contribution in [0.5, 0.6) is 0 Å². The Labute approximate surface area is 845 Å². The second-order valence-corrected chi connectivity index (χ2v) is 41.4. The van der Waals surface area contributed by atoms with Crippen molar-refractivity contribution in [3.8, 4) is 11.1 Å². The SMILES string of the molecule is C.CC(C)(C)OC(=O)N1CCO[C@H](Cn2cc(-c3cc4c(N5CCN(c6ncc(Sc7ccccc7F)cn6)CC5)ncnn4c3)cn2)C1.CC(C)(C)OC(=O)N1CCO[C@H](Cn2cc(B3OC(C)(C)C(C)(C)O3)cn2)C1.Cl.Clc1ncnn2cc(Br)cc12.Fc1ccccc1Sc1cnc(N2CCCCC2)nc1.Fc1ccccc1Sc1cnc(N2CCN(c3ncnn4cc(Br)cc34)CC2)nc1. The number of hydrogen-bond acceptors (Lipinski definition) is 30. The summed E-state index contributed by atoms with van der Waals surface area (Å²) in [5, 5.41) is 22.1. The molecule has 6 aliphatic heterocycles. The molecule has 0 aliphatic carbocycles. The van der Waals surface area contributed by atoms with Crippen LogP contribution in [0, 0.1) is 17.5 Å². The van der Waals surface area contributed by atoms with Crippen LogP contribution in [0.1, 0.15) is 95.9 Å². The molecule has 11 aromatic heterocycles. The van der Waals surface area contributed by atoms with Gasteiger partial charge < -0.3 is 62.6 Å². The largest absolute Gasteiger partial charge is 0.498 e. The molecule has 3 aromatic carbocycles. The molecule has 734 valence electrons. The molecule has 34 nitrogen and oxygen atoms in total. The minimum atomic E-state index is -0.545. The Bertz CT molecular complexity index is 6420. The number of aromatic nitrogens is 19. The molecule has 0 unspecified atom stereocenters. The lowest BCUT2D eigenvalue weighted by Crippen LogP contribution is -2.48. The van der Waals surface area contributed by atoms with Gasteiger partial charge in [0.15, 0.2) is 16.8 Å². The van der Waals surface area contributed by atoms with Crippen LogP contribution in [0.2, 0.25) is 5.15 Å². The number of morpholine rings is 2. The van der Waals surface area contributed by atoms with Crippen molar-refractivity contribution in [1.82, 2.24) is 103 Å². The second kappa shape index (κ2) is 46.6. The van der Waals surface area contributed by atoms with Gasteiger partial charge in [0.25, 0.3) is 0 Å². The van der Waals surface area contributed by atoms with E-state index in [1.54, 1.807) is 107 Å². The summed E-state index contributed by atoms with van der Waals surface area (Å²) in [6.07, 6.45) is 31.0. The third-order valence-electron chi connectivity index (χ3n) is 23.0. The number of piperidine rings is 1. The number of rotatable bonds is 17. The molecule has 17 heterocycles. The fraction of sp³-hybridized carbons (Fsp3) is 0.404. The van der Waals surface area contributed by atoms with Gasteiger partial charge in [-0.25, -0.2) is 81.2 Å². The maximum Gasteiger partial charge on any atom is 0.498 e. The van der Waals surface area contributed by atoms with Crippen LogP contribution in [-0.2, 0) is 41.3 Å². The highest BCUT2D eigenvalue weighted by molar-refractivity contribution is 9.10. The van der Waals surface area contributed by atoms with Gasteiger partial charge in [-0.15, -0.1) is 12.4 Å². The van der Waals surface area contributed by atoms with Crippen LogP contribution in [0.4, 0.5) is 52.2 Å². The van der Waals surface area contributed by atoms with Gasteiger partial charge in [0, 0.05) is 208 Å². The zero-order valence-corrected chi connectivity index (χ0v) is 85.0. The van der Waals surface area contributed by atoms with Crippen molar-refractivity contribution in [2.24, 2.45) is 0 Å². The predicted octanol–water partition coefficient (Wildman–Crippen LogP) is 17.3. The Morgan fingerprint density at radius 1 is 0.453 bits per heavy atom. The summed E-state index contributed by atoms with van der Waals surface area (Å²) in [7, 11) is -0.440. The van der Waals surface area contributed by atoms with Gasteiger partial charge in [-0.2, -0.15) is 25.5 Å². The summed E-state index contributed by atoms with van der Waals surface area (Å²) in [6.45, 7) is 31.4. The van der Waals surface area contributed by atoms with Crippen LogP contribution < -0.4 is 30.0 Å². The average molecular weight is 2130 g/mol. The molecule has 6 aliphatic rings. The molecule has 20 rings (SSSR count). The van der Waals surface area contributed by atoms with E-state index in [1.165, 1.54) is 79.1 Å². The lowest BCUT2D eigenvalue weighted by Gasteiger charge is -2.35. The number of fused-ring (bicyclic) bond motifs is 3. The fourth-order valence-electron chi connectivity index (χ4n) is 15.4. The molecule has 139 heavy (non-hydrogen) atoms. The first kappa shape index (κ1) is 104. The number of carbonyl (C=O) groups is 2. The van der Waals surface area contributed by atoms with E-state index in [0.717, 1.165) is 140 Å². The van der Waals surface area contributed by atoms with Crippen LogP contribution >= 0.6 is 91.2 Å². The Morgan fingerprint density at radius 2 is 0.827 bits per heavy atom. The van der Waals surface area contributed by atoms with Gasteiger partial charge in [-0.05, 0) is 175 Å².